The Hall–Kier alpha value is -2.00. The minimum Gasteiger partial charge on any atom is -0.496 e. The first-order valence-corrected chi connectivity index (χ1v) is 9.16. The third kappa shape index (κ3) is 3.98. The molecule has 1 heterocycles. The van der Waals surface area contributed by atoms with Gasteiger partial charge >= 0.3 is 0 Å². The van der Waals surface area contributed by atoms with E-state index in [1.165, 1.54) is 33.5 Å². The van der Waals surface area contributed by atoms with Crippen LogP contribution in [-0.2, 0) is 6.54 Å². The lowest BCUT2D eigenvalue weighted by atomic mass is 10.0. The van der Waals surface area contributed by atoms with Crippen molar-refractivity contribution < 1.29 is 4.74 Å². The van der Waals surface area contributed by atoms with Crippen molar-refractivity contribution in [1.29, 1.82) is 0 Å². The third-order valence-electron chi connectivity index (χ3n) is 5.32. The Labute approximate surface area is 152 Å². The summed E-state index contributed by atoms with van der Waals surface area (Å²) in [5.41, 5.74) is 8.07. The SMILES string of the molecule is COc1cc(C)c(CN2CCN(c3cc(C)ccc3C)CC2)cc1C. The van der Waals surface area contributed by atoms with Crippen molar-refractivity contribution in [3.8, 4) is 5.75 Å². The van der Waals surface area contributed by atoms with Gasteiger partial charge in [0.2, 0.25) is 0 Å². The molecule has 0 unspecified atom stereocenters. The van der Waals surface area contributed by atoms with Gasteiger partial charge in [0.25, 0.3) is 0 Å². The topological polar surface area (TPSA) is 15.7 Å². The molecule has 2 aromatic carbocycles. The highest BCUT2D eigenvalue weighted by atomic mass is 16.5. The van der Waals surface area contributed by atoms with Crippen molar-refractivity contribution in [3.05, 3.63) is 58.1 Å². The fourth-order valence-electron chi connectivity index (χ4n) is 3.69. The highest BCUT2D eigenvalue weighted by molar-refractivity contribution is 5.55. The number of benzene rings is 2. The summed E-state index contributed by atoms with van der Waals surface area (Å²) in [5.74, 6) is 0.987. The molecular formula is C22H30N2O. The molecule has 0 bridgehead atoms. The van der Waals surface area contributed by atoms with Crippen LogP contribution in [-0.4, -0.2) is 38.2 Å². The molecular weight excluding hydrogens is 308 g/mol. The predicted molar refractivity (Wildman–Crippen MR) is 106 cm³/mol. The summed E-state index contributed by atoms with van der Waals surface area (Å²) in [6.07, 6.45) is 0. The molecule has 0 spiro atoms. The number of hydrogen-bond acceptors (Lipinski definition) is 3. The first-order chi connectivity index (χ1) is 12.0. The zero-order valence-electron chi connectivity index (χ0n) is 16.2. The van der Waals surface area contributed by atoms with E-state index < -0.39 is 0 Å². The van der Waals surface area contributed by atoms with Gasteiger partial charge in [-0.1, -0.05) is 18.2 Å². The van der Waals surface area contributed by atoms with Crippen molar-refractivity contribution in [2.24, 2.45) is 0 Å². The Morgan fingerprint density at radius 3 is 2.24 bits per heavy atom. The molecule has 0 atom stereocenters. The number of aryl methyl sites for hydroxylation is 4. The summed E-state index contributed by atoms with van der Waals surface area (Å²) >= 11 is 0. The van der Waals surface area contributed by atoms with E-state index in [4.69, 9.17) is 4.74 Å². The maximum Gasteiger partial charge on any atom is 0.122 e. The standard InChI is InChI=1S/C22H30N2O/c1-16-6-7-17(2)21(12-16)24-10-8-23(9-11-24)15-20-13-19(4)22(25-5)14-18(20)3/h6-7,12-14H,8-11,15H2,1-5H3. The van der Waals surface area contributed by atoms with E-state index in [9.17, 15) is 0 Å². The Bertz CT molecular complexity index is 746. The number of nitrogens with zero attached hydrogens (tertiary/aromatic N) is 2. The van der Waals surface area contributed by atoms with Gasteiger partial charge in [-0.15, -0.1) is 0 Å². The van der Waals surface area contributed by atoms with Crippen molar-refractivity contribution in [3.63, 3.8) is 0 Å². The summed E-state index contributed by atoms with van der Waals surface area (Å²) < 4.78 is 5.43. The summed E-state index contributed by atoms with van der Waals surface area (Å²) in [6.45, 7) is 14.1. The van der Waals surface area contributed by atoms with Gasteiger partial charge in [-0.25, -0.2) is 0 Å². The van der Waals surface area contributed by atoms with E-state index in [2.05, 4.69) is 67.8 Å². The molecule has 3 rings (SSSR count). The van der Waals surface area contributed by atoms with Gasteiger partial charge in [0.1, 0.15) is 5.75 Å². The molecule has 134 valence electrons. The molecule has 1 saturated heterocycles. The second-order valence-electron chi connectivity index (χ2n) is 7.30. The van der Waals surface area contributed by atoms with Crippen molar-refractivity contribution in [2.75, 3.05) is 38.2 Å². The molecule has 0 amide bonds. The largest absolute Gasteiger partial charge is 0.496 e. The smallest absolute Gasteiger partial charge is 0.122 e. The third-order valence-corrected chi connectivity index (χ3v) is 5.32. The predicted octanol–water partition coefficient (Wildman–Crippen LogP) is 4.25. The lowest BCUT2D eigenvalue weighted by Gasteiger charge is -2.37. The number of hydrogen-bond donors (Lipinski definition) is 0. The van der Waals surface area contributed by atoms with Gasteiger partial charge in [-0.2, -0.15) is 0 Å². The molecule has 0 N–H and O–H groups in total. The second kappa shape index (κ2) is 7.49. The number of methoxy groups -OCH3 is 1. The number of rotatable bonds is 4. The minimum atomic E-state index is 0.987. The van der Waals surface area contributed by atoms with Crippen LogP contribution in [0.3, 0.4) is 0 Å². The Morgan fingerprint density at radius 2 is 1.56 bits per heavy atom. The van der Waals surface area contributed by atoms with Crippen LogP contribution in [0.4, 0.5) is 5.69 Å². The maximum absolute atomic E-state index is 5.43. The van der Waals surface area contributed by atoms with Crippen LogP contribution in [0.5, 0.6) is 5.75 Å². The molecule has 1 aliphatic rings. The van der Waals surface area contributed by atoms with E-state index >= 15 is 0 Å². The summed E-state index contributed by atoms with van der Waals surface area (Å²) in [6, 6.07) is 11.2. The van der Waals surface area contributed by atoms with Crippen LogP contribution in [0.2, 0.25) is 0 Å². The van der Waals surface area contributed by atoms with E-state index in [1.54, 1.807) is 7.11 Å². The Kier molecular flexibility index (Phi) is 5.33. The van der Waals surface area contributed by atoms with Crippen molar-refractivity contribution >= 4 is 5.69 Å². The average Bonchev–Trinajstić information content (AvgIpc) is 2.60. The minimum absolute atomic E-state index is 0.987. The van der Waals surface area contributed by atoms with Gasteiger partial charge < -0.3 is 9.64 Å². The molecule has 25 heavy (non-hydrogen) atoms. The van der Waals surface area contributed by atoms with Crippen molar-refractivity contribution in [1.82, 2.24) is 4.90 Å². The maximum atomic E-state index is 5.43. The lowest BCUT2D eigenvalue weighted by molar-refractivity contribution is 0.249. The Balaban J connectivity index is 1.65. The number of anilines is 1. The van der Waals surface area contributed by atoms with Gasteiger partial charge in [-0.3, -0.25) is 4.90 Å². The second-order valence-corrected chi connectivity index (χ2v) is 7.30. The number of piperazine rings is 1. The van der Waals surface area contributed by atoms with Gasteiger partial charge in [-0.05, 0) is 67.6 Å². The average molecular weight is 338 g/mol. The highest BCUT2D eigenvalue weighted by Gasteiger charge is 2.19. The normalized spacial score (nSPS) is 15.5. The zero-order valence-corrected chi connectivity index (χ0v) is 16.2. The summed E-state index contributed by atoms with van der Waals surface area (Å²) in [4.78, 5) is 5.10. The molecule has 2 aromatic rings. The molecule has 0 radical (unpaired) electrons. The van der Waals surface area contributed by atoms with E-state index in [0.717, 1.165) is 38.5 Å². The summed E-state index contributed by atoms with van der Waals surface area (Å²) in [5, 5.41) is 0. The fraction of sp³-hybridized carbons (Fsp3) is 0.455. The van der Waals surface area contributed by atoms with E-state index in [0.29, 0.717) is 0 Å². The van der Waals surface area contributed by atoms with E-state index in [1.807, 2.05) is 0 Å². The summed E-state index contributed by atoms with van der Waals surface area (Å²) in [7, 11) is 1.74. The molecule has 3 heteroatoms. The number of ether oxygens (including phenoxy) is 1. The molecule has 1 aliphatic heterocycles. The Morgan fingerprint density at radius 1 is 0.840 bits per heavy atom. The fourth-order valence-corrected chi connectivity index (χ4v) is 3.69. The molecule has 0 saturated carbocycles. The van der Waals surface area contributed by atoms with Crippen LogP contribution in [0.25, 0.3) is 0 Å². The van der Waals surface area contributed by atoms with E-state index in [-0.39, 0.29) is 0 Å². The molecule has 0 aromatic heterocycles. The monoisotopic (exact) mass is 338 g/mol. The van der Waals surface area contributed by atoms with Gasteiger partial charge in [0.05, 0.1) is 7.11 Å². The molecule has 0 aliphatic carbocycles. The zero-order chi connectivity index (χ0) is 18.0. The van der Waals surface area contributed by atoms with Crippen molar-refractivity contribution in [2.45, 2.75) is 34.2 Å². The van der Waals surface area contributed by atoms with Crippen LogP contribution in [0.15, 0.2) is 30.3 Å². The lowest BCUT2D eigenvalue weighted by Crippen LogP contribution is -2.46. The van der Waals surface area contributed by atoms with Gasteiger partial charge in [0.15, 0.2) is 0 Å². The molecule has 3 nitrogen and oxygen atoms in total. The van der Waals surface area contributed by atoms with Crippen LogP contribution in [0.1, 0.15) is 27.8 Å². The van der Waals surface area contributed by atoms with Gasteiger partial charge in [0, 0.05) is 38.4 Å². The highest BCUT2D eigenvalue weighted by Crippen LogP contribution is 2.26. The molecule has 1 fully saturated rings. The van der Waals surface area contributed by atoms with Crippen LogP contribution in [0, 0.1) is 27.7 Å². The first kappa shape index (κ1) is 17.8. The first-order valence-electron chi connectivity index (χ1n) is 9.16. The van der Waals surface area contributed by atoms with Crippen LogP contribution < -0.4 is 9.64 Å². The quantitative estimate of drug-likeness (QED) is 0.829. The van der Waals surface area contributed by atoms with Crippen LogP contribution >= 0.6 is 0 Å².